The summed E-state index contributed by atoms with van der Waals surface area (Å²) in [5.41, 5.74) is 0.632. The molecule has 5 atom stereocenters. The van der Waals surface area contributed by atoms with Gasteiger partial charge in [-0.15, -0.1) is 0 Å². The van der Waals surface area contributed by atoms with Crippen molar-refractivity contribution in [2.75, 3.05) is 13.1 Å². The molecular formula is C26H38F2N2O. The van der Waals surface area contributed by atoms with Crippen molar-refractivity contribution in [2.24, 2.45) is 22.2 Å². The maximum Gasteiger partial charge on any atom is 0.280 e. The first kappa shape index (κ1) is 22.7. The van der Waals surface area contributed by atoms with Gasteiger partial charge in [-0.1, -0.05) is 44.2 Å². The van der Waals surface area contributed by atoms with Crippen LogP contribution in [0.1, 0.15) is 71.6 Å². The summed E-state index contributed by atoms with van der Waals surface area (Å²) in [6, 6.07) is -1.06. The average molecular weight is 433 g/mol. The summed E-state index contributed by atoms with van der Waals surface area (Å²) in [7, 11) is 0. The Hall–Kier alpha value is -1.49. The van der Waals surface area contributed by atoms with Crippen molar-refractivity contribution >= 4 is 5.91 Å². The zero-order chi connectivity index (χ0) is 22.3. The summed E-state index contributed by atoms with van der Waals surface area (Å²) in [6.07, 6.45) is 16.4. The number of carbonyl (C=O) groups excluding carboxylic acids is 1. The van der Waals surface area contributed by atoms with Gasteiger partial charge < -0.3 is 10.6 Å². The first-order valence-corrected chi connectivity index (χ1v) is 12.1. The lowest BCUT2D eigenvalue weighted by Crippen LogP contribution is -2.64. The molecule has 3 unspecified atom stereocenters. The standard InChI is InChI=1S/C26H38F2N2O/c1-4-6-7-8-19(3)24-13-20-12-23(15-24,10-5-2)16-25(14-20,17-24)22(31)30-21-9-11-29-18-26(21,27)28/h4,6-8,20-21,29H,3,5,9-18H2,1-2H3,(H,30,31)/b6-4-,8-7-/t20?,21?,23-,24-,25?/m1/s1. The highest BCUT2D eigenvalue weighted by atomic mass is 19.3. The minimum atomic E-state index is -2.90. The molecule has 1 heterocycles. The van der Waals surface area contributed by atoms with Crippen LogP contribution in [0.25, 0.3) is 0 Å². The quantitative estimate of drug-likeness (QED) is 0.518. The van der Waals surface area contributed by atoms with Gasteiger partial charge in [0.15, 0.2) is 0 Å². The van der Waals surface area contributed by atoms with Gasteiger partial charge in [-0.05, 0) is 87.2 Å². The Morgan fingerprint density at radius 1 is 1.16 bits per heavy atom. The zero-order valence-corrected chi connectivity index (χ0v) is 19.1. The number of rotatable bonds is 7. The Morgan fingerprint density at radius 2 is 1.90 bits per heavy atom. The van der Waals surface area contributed by atoms with Gasteiger partial charge in [-0.25, -0.2) is 8.78 Å². The average Bonchev–Trinajstić information content (AvgIpc) is 2.68. The Bertz CT molecular complexity index is 790. The molecule has 0 aromatic carbocycles. The van der Waals surface area contributed by atoms with Crippen LogP contribution in [-0.4, -0.2) is 31.0 Å². The van der Waals surface area contributed by atoms with E-state index in [1.54, 1.807) is 0 Å². The van der Waals surface area contributed by atoms with Crippen LogP contribution in [0.5, 0.6) is 0 Å². The van der Waals surface area contributed by atoms with E-state index in [1.165, 1.54) is 6.42 Å². The minimum Gasteiger partial charge on any atom is -0.347 e. The molecule has 172 valence electrons. The van der Waals surface area contributed by atoms with Gasteiger partial charge in [-0.3, -0.25) is 4.79 Å². The molecule has 0 aromatic heterocycles. The molecule has 1 aliphatic heterocycles. The van der Waals surface area contributed by atoms with Gasteiger partial charge in [0.1, 0.15) is 0 Å². The fourth-order valence-electron chi connectivity index (χ4n) is 7.84. The van der Waals surface area contributed by atoms with Gasteiger partial charge in [0.05, 0.1) is 18.0 Å². The van der Waals surface area contributed by atoms with Crippen molar-refractivity contribution in [1.29, 1.82) is 0 Å². The zero-order valence-electron chi connectivity index (χ0n) is 19.1. The highest BCUT2D eigenvalue weighted by molar-refractivity contribution is 5.84. The van der Waals surface area contributed by atoms with Crippen molar-refractivity contribution in [3.05, 3.63) is 36.5 Å². The second-order valence-electron chi connectivity index (χ2n) is 11.0. The van der Waals surface area contributed by atoms with Crippen LogP contribution in [0.15, 0.2) is 36.5 Å². The predicted octanol–water partition coefficient (Wildman–Crippen LogP) is 5.55. The van der Waals surface area contributed by atoms with E-state index in [0.717, 1.165) is 50.5 Å². The highest BCUT2D eigenvalue weighted by Gasteiger charge is 2.65. The summed E-state index contributed by atoms with van der Waals surface area (Å²) >= 11 is 0. The maximum absolute atomic E-state index is 14.5. The summed E-state index contributed by atoms with van der Waals surface area (Å²) in [5.74, 6) is -2.54. The molecule has 31 heavy (non-hydrogen) atoms. The molecule has 2 N–H and O–H groups in total. The Morgan fingerprint density at radius 3 is 2.61 bits per heavy atom. The van der Waals surface area contributed by atoms with E-state index in [1.807, 2.05) is 25.2 Å². The molecule has 1 saturated heterocycles. The topological polar surface area (TPSA) is 41.1 Å². The van der Waals surface area contributed by atoms with Gasteiger partial charge in [-0.2, -0.15) is 0 Å². The molecule has 5 aliphatic rings. The van der Waals surface area contributed by atoms with Gasteiger partial charge in [0, 0.05) is 0 Å². The minimum absolute atomic E-state index is 0.0827. The monoisotopic (exact) mass is 432 g/mol. The summed E-state index contributed by atoms with van der Waals surface area (Å²) in [4.78, 5) is 13.7. The van der Waals surface area contributed by atoms with Crippen molar-refractivity contribution in [3.63, 3.8) is 0 Å². The molecule has 5 fully saturated rings. The van der Waals surface area contributed by atoms with E-state index in [9.17, 15) is 13.6 Å². The lowest BCUT2D eigenvalue weighted by atomic mass is 9.37. The largest absolute Gasteiger partial charge is 0.347 e. The van der Waals surface area contributed by atoms with Crippen LogP contribution in [0.4, 0.5) is 8.78 Å². The third-order valence-electron chi connectivity index (χ3n) is 8.51. The SMILES string of the molecule is C=C(/C=C\C=C/C)[C@]12CC3CC(C(=O)NC4CCNCC4(F)F)(C[C@](CCC)(C3)C1)C2. The van der Waals surface area contributed by atoms with Gasteiger partial charge in [0.2, 0.25) is 5.91 Å². The Kier molecular flexibility index (Phi) is 5.95. The number of halogens is 2. The Balaban J connectivity index is 1.64. The van der Waals surface area contributed by atoms with E-state index in [2.05, 4.69) is 30.2 Å². The number of carbonyl (C=O) groups is 1. The number of hydrogen-bond donors (Lipinski definition) is 2. The lowest BCUT2D eigenvalue weighted by Gasteiger charge is -2.66. The molecule has 0 radical (unpaired) electrons. The van der Waals surface area contributed by atoms with E-state index < -0.39 is 17.4 Å². The fourth-order valence-corrected chi connectivity index (χ4v) is 7.84. The molecule has 5 heteroatoms. The molecule has 4 aliphatic carbocycles. The maximum atomic E-state index is 14.5. The summed E-state index contributed by atoms with van der Waals surface area (Å²) in [5, 5.41) is 5.60. The molecular weight excluding hydrogens is 394 g/mol. The van der Waals surface area contributed by atoms with Crippen LogP contribution < -0.4 is 10.6 Å². The third-order valence-corrected chi connectivity index (χ3v) is 8.51. The first-order chi connectivity index (χ1) is 14.7. The smallest absolute Gasteiger partial charge is 0.280 e. The molecule has 4 bridgehead atoms. The molecule has 5 rings (SSSR count). The van der Waals surface area contributed by atoms with Crippen molar-refractivity contribution in [3.8, 4) is 0 Å². The number of piperidine rings is 1. The number of alkyl halides is 2. The van der Waals surface area contributed by atoms with E-state index >= 15 is 0 Å². The highest BCUT2D eigenvalue weighted by Crippen LogP contribution is 2.72. The number of hydrogen-bond acceptors (Lipinski definition) is 2. The van der Waals surface area contributed by atoms with E-state index in [0.29, 0.717) is 12.5 Å². The third kappa shape index (κ3) is 4.03. The number of amides is 1. The Labute approximate surface area is 185 Å². The predicted molar refractivity (Wildman–Crippen MR) is 121 cm³/mol. The number of allylic oxidation sites excluding steroid dienone is 5. The van der Waals surface area contributed by atoms with Crippen LogP contribution >= 0.6 is 0 Å². The van der Waals surface area contributed by atoms with Crippen LogP contribution in [0.3, 0.4) is 0 Å². The molecule has 1 amide bonds. The molecule has 3 nitrogen and oxygen atoms in total. The fraction of sp³-hybridized carbons (Fsp3) is 0.731. The normalized spacial score (nSPS) is 41.2. The van der Waals surface area contributed by atoms with E-state index in [4.69, 9.17) is 0 Å². The second kappa shape index (κ2) is 8.13. The molecule has 0 spiro atoms. The summed E-state index contributed by atoms with van der Waals surface area (Å²) < 4.78 is 28.9. The van der Waals surface area contributed by atoms with Crippen molar-refractivity contribution in [2.45, 2.75) is 83.6 Å². The van der Waals surface area contributed by atoms with Crippen LogP contribution in [0, 0.1) is 22.2 Å². The van der Waals surface area contributed by atoms with Crippen LogP contribution in [-0.2, 0) is 4.79 Å². The first-order valence-electron chi connectivity index (χ1n) is 12.1. The van der Waals surface area contributed by atoms with Gasteiger partial charge in [0.25, 0.3) is 5.92 Å². The molecule has 0 aromatic rings. The van der Waals surface area contributed by atoms with E-state index in [-0.39, 0.29) is 29.7 Å². The van der Waals surface area contributed by atoms with Crippen molar-refractivity contribution < 1.29 is 13.6 Å². The lowest BCUT2D eigenvalue weighted by molar-refractivity contribution is -0.174. The van der Waals surface area contributed by atoms with Crippen molar-refractivity contribution in [1.82, 2.24) is 10.6 Å². The summed E-state index contributed by atoms with van der Waals surface area (Å²) in [6.45, 7) is 8.83. The van der Waals surface area contributed by atoms with Crippen LogP contribution in [0.2, 0.25) is 0 Å². The van der Waals surface area contributed by atoms with Gasteiger partial charge >= 0.3 is 0 Å². The molecule has 4 saturated carbocycles. The second-order valence-corrected chi connectivity index (χ2v) is 11.0. The number of nitrogens with one attached hydrogen (secondary N) is 2.